The lowest BCUT2D eigenvalue weighted by molar-refractivity contribution is -0.384. The zero-order chi connectivity index (χ0) is 18.7. The van der Waals surface area contributed by atoms with Crippen molar-refractivity contribution in [3.8, 4) is 0 Å². The van der Waals surface area contributed by atoms with E-state index >= 15 is 0 Å². The van der Waals surface area contributed by atoms with Crippen molar-refractivity contribution in [1.82, 2.24) is 9.97 Å². The number of pyridine rings is 1. The summed E-state index contributed by atoms with van der Waals surface area (Å²) in [6, 6.07) is 6.54. The number of halogens is 3. The van der Waals surface area contributed by atoms with Crippen LogP contribution in [0.1, 0.15) is 5.56 Å². The highest BCUT2D eigenvalue weighted by Gasteiger charge is 2.33. The molecule has 0 saturated heterocycles. The number of nitro groups is 1. The molecule has 3 aromatic rings. The molecule has 0 spiro atoms. The fourth-order valence-corrected chi connectivity index (χ4v) is 3.15. The van der Waals surface area contributed by atoms with E-state index in [0.717, 1.165) is 6.07 Å². The molecule has 0 aliphatic carbocycles. The molecule has 2 heterocycles. The standard InChI is InChI=1S/C15H12F3N5O2S/c16-15(17,18)10-2-1-5-19-13(10)20-6-7-21-14-22-11-4-3-9(23(24)25)8-12(11)26-14/h1-5,8H,6-7H2,(H,19,20)(H,21,22). The number of nitrogens with zero attached hydrogens (tertiary/aromatic N) is 3. The largest absolute Gasteiger partial charge is 0.419 e. The van der Waals surface area contributed by atoms with Crippen molar-refractivity contribution in [1.29, 1.82) is 0 Å². The van der Waals surface area contributed by atoms with E-state index in [2.05, 4.69) is 20.6 Å². The van der Waals surface area contributed by atoms with Gasteiger partial charge in [-0.3, -0.25) is 10.1 Å². The number of fused-ring (bicyclic) bond motifs is 1. The average molecular weight is 383 g/mol. The normalized spacial score (nSPS) is 11.5. The summed E-state index contributed by atoms with van der Waals surface area (Å²) < 4.78 is 39.3. The predicted octanol–water partition coefficient (Wildman–Crippen LogP) is 4.14. The Labute approximate surface area is 149 Å². The lowest BCUT2D eigenvalue weighted by atomic mass is 10.2. The maximum absolute atomic E-state index is 12.9. The SMILES string of the molecule is O=[N+]([O-])c1ccc2nc(NCCNc3ncccc3C(F)(F)F)sc2c1. The van der Waals surface area contributed by atoms with Gasteiger partial charge in [0, 0.05) is 31.4 Å². The molecule has 0 saturated carbocycles. The van der Waals surface area contributed by atoms with Crippen LogP contribution in [-0.4, -0.2) is 28.0 Å². The maximum Gasteiger partial charge on any atom is 0.419 e. The summed E-state index contributed by atoms with van der Waals surface area (Å²) >= 11 is 1.23. The number of hydrogen-bond acceptors (Lipinski definition) is 7. The quantitative estimate of drug-likeness (QED) is 0.377. The molecular formula is C15H12F3N5O2S. The summed E-state index contributed by atoms with van der Waals surface area (Å²) in [5, 5.41) is 16.9. The van der Waals surface area contributed by atoms with E-state index in [9.17, 15) is 23.3 Å². The van der Waals surface area contributed by atoms with Gasteiger partial charge in [-0.1, -0.05) is 11.3 Å². The van der Waals surface area contributed by atoms with Gasteiger partial charge in [0.2, 0.25) is 0 Å². The number of non-ortho nitro benzene ring substituents is 1. The zero-order valence-corrected chi connectivity index (χ0v) is 13.9. The van der Waals surface area contributed by atoms with Crippen LogP contribution in [0.4, 0.5) is 29.8 Å². The molecule has 7 nitrogen and oxygen atoms in total. The molecule has 0 atom stereocenters. The minimum absolute atomic E-state index is 0.0239. The van der Waals surface area contributed by atoms with Crippen LogP contribution in [0.5, 0.6) is 0 Å². The minimum atomic E-state index is -4.48. The van der Waals surface area contributed by atoms with Gasteiger partial charge < -0.3 is 10.6 Å². The van der Waals surface area contributed by atoms with Crippen molar-refractivity contribution in [3.05, 3.63) is 52.2 Å². The number of rotatable bonds is 6. The molecule has 3 rings (SSSR count). The number of thiazole rings is 1. The summed E-state index contributed by atoms with van der Waals surface area (Å²) in [7, 11) is 0. The Morgan fingerprint density at radius 1 is 1.19 bits per heavy atom. The first-order valence-corrected chi connectivity index (χ1v) is 8.21. The van der Waals surface area contributed by atoms with Gasteiger partial charge >= 0.3 is 6.18 Å². The summed E-state index contributed by atoms with van der Waals surface area (Å²) in [6.45, 7) is 0.492. The van der Waals surface area contributed by atoms with Gasteiger partial charge in [0.25, 0.3) is 5.69 Å². The van der Waals surface area contributed by atoms with E-state index in [-0.39, 0.29) is 18.1 Å². The van der Waals surface area contributed by atoms with Crippen LogP contribution in [0.2, 0.25) is 0 Å². The van der Waals surface area contributed by atoms with Gasteiger partial charge in [-0.05, 0) is 18.2 Å². The summed E-state index contributed by atoms with van der Waals surface area (Å²) in [5.41, 5.74) is -0.239. The van der Waals surface area contributed by atoms with Crippen molar-refractivity contribution in [2.75, 3.05) is 23.7 Å². The first-order chi connectivity index (χ1) is 12.3. The van der Waals surface area contributed by atoms with E-state index in [1.165, 1.54) is 35.7 Å². The smallest absolute Gasteiger partial charge is 0.368 e. The van der Waals surface area contributed by atoms with Crippen molar-refractivity contribution < 1.29 is 18.1 Å². The van der Waals surface area contributed by atoms with Gasteiger partial charge in [-0.2, -0.15) is 13.2 Å². The van der Waals surface area contributed by atoms with Gasteiger partial charge in [0.05, 0.1) is 20.7 Å². The minimum Gasteiger partial charge on any atom is -0.368 e. The topological polar surface area (TPSA) is 93.0 Å². The first kappa shape index (κ1) is 17.9. The molecule has 0 radical (unpaired) electrons. The van der Waals surface area contributed by atoms with Crippen LogP contribution in [-0.2, 0) is 6.18 Å². The van der Waals surface area contributed by atoms with E-state index in [1.807, 2.05) is 0 Å². The Balaban J connectivity index is 1.61. The predicted molar refractivity (Wildman–Crippen MR) is 92.5 cm³/mol. The summed E-state index contributed by atoms with van der Waals surface area (Å²) in [4.78, 5) is 18.3. The third kappa shape index (κ3) is 3.99. The van der Waals surface area contributed by atoms with Crippen LogP contribution < -0.4 is 10.6 Å². The molecule has 2 aromatic heterocycles. The lowest BCUT2D eigenvalue weighted by Gasteiger charge is -2.13. The number of nitrogens with one attached hydrogen (secondary N) is 2. The number of aromatic nitrogens is 2. The second-order valence-corrected chi connectivity index (χ2v) is 6.21. The summed E-state index contributed by atoms with van der Waals surface area (Å²) in [5.74, 6) is -0.235. The van der Waals surface area contributed by atoms with Crippen LogP contribution in [0.3, 0.4) is 0 Å². The molecule has 26 heavy (non-hydrogen) atoms. The van der Waals surface area contributed by atoms with Gasteiger partial charge in [0.1, 0.15) is 5.82 Å². The second kappa shape index (κ2) is 7.12. The van der Waals surface area contributed by atoms with Crippen LogP contribution in [0.15, 0.2) is 36.5 Å². The molecule has 0 unspecified atom stereocenters. The highest BCUT2D eigenvalue weighted by atomic mass is 32.1. The number of benzene rings is 1. The van der Waals surface area contributed by atoms with Crippen molar-refractivity contribution in [3.63, 3.8) is 0 Å². The zero-order valence-electron chi connectivity index (χ0n) is 13.1. The number of hydrogen-bond donors (Lipinski definition) is 2. The Hall–Kier alpha value is -2.95. The van der Waals surface area contributed by atoms with Crippen LogP contribution in [0, 0.1) is 10.1 Å². The van der Waals surface area contributed by atoms with Crippen molar-refractivity contribution in [2.24, 2.45) is 0 Å². The van der Waals surface area contributed by atoms with E-state index in [1.54, 1.807) is 6.07 Å². The molecular weight excluding hydrogens is 371 g/mol. The number of anilines is 2. The number of nitro benzene ring substituents is 1. The fourth-order valence-electron chi connectivity index (χ4n) is 2.23. The monoisotopic (exact) mass is 383 g/mol. The highest BCUT2D eigenvalue weighted by Crippen LogP contribution is 2.33. The highest BCUT2D eigenvalue weighted by molar-refractivity contribution is 7.22. The number of alkyl halides is 3. The molecule has 136 valence electrons. The Morgan fingerprint density at radius 3 is 2.69 bits per heavy atom. The molecule has 2 N–H and O–H groups in total. The third-order valence-electron chi connectivity index (χ3n) is 3.39. The molecule has 0 aliphatic rings. The first-order valence-electron chi connectivity index (χ1n) is 7.39. The maximum atomic E-state index is 12.9. The molecule has 11 heteroatoms. The molecule has 0 aliphatic heterocycles. The molecule has 0 bridgehead atoms. The molecule has 0 amide bonds. The van der Waals surface area contributed by atoms with Crippen molar-refractivity contribution in [2.45, 2.75) is 6.18 Å². The van der Waals surface area contributed by atoms with Crippen LogP contribution >= 0.6 is 11.3 Å². The van der Waals surface area contributed by atoms with Crippen molar-refractivity contribution >= 4 is 38.2 Å². The van der Waals surface area contributed by atoms with E-state index < -0.39 is 16.7 Å². The second-order valence-electron chi connectivity index (χ2n) is 5.18. The Kier molecular flexibility index (Phi) is 4.89. The average Bonchev–Trinajstić information content (AvgIpc) is 3.00. The van der Waals surface area contributed by atoms with Crippen LogP contribution in [0.25, 0.3) is 10.2 Å². The van der Waals surface area contributed by atoms with Gasteiger partial charge in [0.15, 0.2) is 5.13 Å². The lowest BCUT2D eigenvalue weighted by Crippen LogP contribution is -2.17. The Bertz CT molecular complexity index is 944. The van der Waals surface area contributed by atoms with E-state index in [0.29, 0.717) is 21.9 Å². The Morgan fingerprint density at radius 2 is 1.96 bits per heavy atom. The van der Waals surface area contributed by atoms with Gasteiger partial charge in [-0.15, -0.1) is 0 Å². The molecule has 1 aromatic carbocycles. The van der Waals surface area contributed by atoms with E-state index in [4.69, 9.17) is 0 Å². The third-order valence-corrected chi connectivity index (χ3v) is 4.37. The van der Waals surface area contributed by atoms with Gasteiger partial charge in [-0.25, -0.2) is 9.97 Å². The molecule has 0 fully saturated rings. The fraction of sp³-hybridized carbons (Fsp3) is 0.200. The summed E-state index contributed by atoms with van der Waals surface area (Å²) in [6.07, 6.45) is -3.20.